The fourth-order valence-corrected chi connectivity index (χ4v) is 3.71. The SMILES string of the molecule is CS(=O)(=O)NCCc1ccc(C(=O)NCc2ccc3c(c2)OCO3)s1. The van der Waals surface area contributed by atoms with Gasteiger partial charge in [0.25, 0.3) is 5.91 Å². The summed E-state index contributed by atoms with van der Waals surface area (Å²) in [5.41, 5.74) is 0.923. The minimum atomic E-state index is -3.19. The van der Waals surface area contributed by atoms with Gasteiger partial charge in [0.2, 0.25) is 16.8 Å². The van der Waals surface area contributed by atoms with Crippen LogP contribution in [-0.2, 0) is 23.0 Å². The maximum Gasteiger partial charge on any atom is 0.261 e. The lowest BCUT2D eigenvalue weighted by Crippen LogP contribution is -2.24. The lowest BCUT2D eigenvalue weighted by atomic mass is 10.2. The molecule has 3 rings (SSSR count). The summed E-state index contributed by atoms with van der Waals surface area (Å²) >= 11 is 1.36. The first-order valence-corrected chi connectivity index (χ1v) is 10.3. The Hall–Kier alpha value is -2.10. The van der Waals surface area contributed by atoms with Crippen LogP contribution in [0.1, 0.15) is 20.1 Å². The number of rotatable bonds is 7. The first-order chi connectivity index (χ1) is 11.9. The van der Waals surface area contributed by atoms with Crippen LogP contribution in [0, 0.1) is 0 Å². The van der Waals surface area contributed by atoms with Gasteiger partial charge < -0.3 is 14.8 Å². The van der Waals surface area contributed by atoms with Crippen molar-refractivity contribution in [3.63, 3.8) is 0 Å². The number of nitrogens with one attached hydrogen (secondary N) is 2. The van der Waals surface area contributed by atoms with Crippen LogP contribution in [-0.4, -0.2) is 33.9 Å². The molecule has 0 spiro atoms. The van der Waals surface area contributed by atoms with Crippen molar-refractivity contribution in [3.8, 4) is 11.5 Å². The molecule has 1 aliphatic heterocycles. The second kappa shape index (κ2) is 7.42. The third-order valence-corrected chi connectivity index (χ3v) is 5.38. The number of benzene rings is 1. The van der Waals surface area contributed by atoms with Crippen molar-refractivity contribution in [1.82, 2.24) is 10.0 Å². The van der Waals surface area contributed by atoms with E-state index in [2.05, 4.69) is 10.0 Å². The smallest absolute Gasteiger partial charge is 0.261 e. The number of ether oxygens (including phenoxy) is 2. The molecule has 1 aliphatic rings. The van der Waals surface area contributed by atoms with Gasteiger partial charge in [0, 0.05) is 18.0 Å². The van der Waals surface area contributed by atoms with Gasteiger partial charge >= 0.3 is 0 Å². The van der Waals surface area contributed by atoms with E-state index in [4.69, 9.17) is 9.47 Å². The Kier molecular flexibility index (Phi) is 5.26. The highest BCUT2D eigenvalue weighted by Crippen LogP contribution is 2.32. The van der Waals surface area contributed by atoms with Gasteiger partial charge in [-0.05, 0) is 36.2 Å². The Morgan fingerprint density at radius 3 is 2.80 bits per heavy atom. The maximum absolute atomic E-state index is 12.2. The predicted molar refractivity (Wildman–Crippen MR) is 94.6 cm³/mol. The fraction of sp³-hybridized carbons (Fsp3) is 0.312. The number of thiophene rings is 1. The third kappa shape index (κ3) is 4.94. The van der Waals surface area contributed by atoms with Gasteiger partial charge in [0.05, 0.1) is 11.1 Å². The van der Waals surface area contributed by atoms with Crippen LogP contribution in [0.15, 0.2) is 30.3 Å². The molecular weight excluding hydrogens is 364 g/mol. The van der Waals surface area contributed by atoms with E-state index in [0.717, 1.165) is 16.7 Å². The van der Waals surface area contributed by atoms with Crippen molar-refractivity contribution in [2.75, 3.05) is 19.6 Å². The van der Waals surface area contributed by atoms with Gasteiger partial charge in [0.15, 0.2) is 11.5 Å². The molecule has 2 aromatic rings. The molecule has 0 saturated heterocycles. The number of sulfonamides is 1. The number of fused-ring (bicyclic) bond motifs is 1. The highest BCUT2D eigenvalue weighted by molar-refractivity contribution is 7.88. The summed E-state index contributed by atoms with van der Waals surface area (Å²) in [5, 5.41) is 2.86. The van der Waals surface area contributed by atoms with E-state index in [1.165, 1.54) is 11.3 Å². The van der Waals surface area contributed by atoms with Gasteiger partial charge in [0.1, 0.15) is 0 Å². The topological polar surface area (TPSA) is 93.7 Å². The maximum atomic E-state index is 12.2. The van der Waals surface area contributed by atoms with Gasteiger partial charge in [-0.2, -0.15) is 0 Å². The molecule has 0 saturated carbocycles. The average molecular weight is 382 g/mol. The lowest BCUT2D eigenvalue weighted by Gasteiger charge is -2.05. The van der Waals surface area contributed by atoms with Gasteiger partial charge in [-0.25, -0.2) is 13.1 Å². The first-order valence-electron chi connectivity index (χ1n) is 7.61. The lowest BCUT2D eigenvalue weighted by molar-refractivity contribution is 0.0955. The highest BCUT2D eigenvalue weighted by Gasteiger charge is 2.14. The molecule has 9 heteroatoms. The van der Waals surface area contributed by atoms with E-state index >= 15 is 0 Å². The molecule has 1 aromatic carbocycles. The second-order valence-electron chi connectivity index (χ2n) is 5.55. The van der Waals surface area contributed by atoms with E-state index in [0.29, 0.717) is 35.9 Å². The molecular formula is C16H18N2O5S2. The Bertz CT molecular complexity index is 876. The van der Waals surface area contributed by atoms with E-state index in [9.17, 15) is 13.2 Å². The van der Waals surface area contributed by atoms with Crippen LogP contribution < -0.4 is 19.5 Å². The second-order valence-corrected chi connectivity index (χ2v) is 8.55. The summed E-state index contributed by atoms with van der Waals surface area (Å²) in [6.45, 7) is 0.924. The van der Waals surface area contributed by atoms with E-state index in [-0.39, 0.29) is 12.7 Å². The number of hydrogen-bond acceptors (Lipinski definition) is 6. The van der Waals surface area contributed by atoms with Crippen molar-refractivity contribution in [1.29, 1.82) is 0 Å². The fourth-order valence-electron chi connectivity index (χ4n) is 2.31. The van der Waals surface area contributed by atoms with Crippen LogP contribution in [0.3, 0.4) is 0 Å². The summed E-state index contributed by atoms with van der Waals surface area (Å²) < 4.78 is 35.1. The first kappa shape index (κ1) is 17.7. The molecule has 0 bridgehead atoms. The van der Waals surface area contributed by atoms with Crippen LogP contribution in [0.25, 0.3) is 0 Å². The van der Waals surface area contributed by atoms with Gasteiger partial charge in [-0.15, -0.1) is 11.3 Å². The molecule has 0 radical (unpaired) electrons. The van der Waals surface area contributed by atoms with Crippen molar-refractivity contribution in [3.05, 3.63) is 45.6 Å². The van der Waals surface area contributed by atoms with Crippen LogP contribution in [0.4, 0.5) is 0 Å². The Morgan fingerprint density at radius 1 is 1.20 bits per heavy atom. The molecule has 25 heavy (non-hydrogen) atoms. The Labute approximate surface area is 150 Å². The van der Waals surface area contributed by atoms with Crippen molar-refractivity contribution < 1.29 is 22.7 Å². The molecule has 0 fully saturated rings. The van der Waals surface area contributed by atoms with Gasteiger partial charge in [-0.1, -0.05) is 6.07 Å². The van der Waals surface area contributed by atoms with E-state index in [1.807, 2.05) is 24.3 Å². The summed E-state index contributed by atoms with van der Waals surface area (Å²) in [5.74, 6) is 1.23. The zero-order valence-corrected chi connectivity index (χ0v) is 15.2. The largest absolute Gasteiger partial charge is 0.454 e. The van der Waals surface area contributed by atoms with E-state index in [1.54, 1.807) is 6.07 Å². The molecule has 2 N–H and O–H groups in total. The Morgan fingerprint density at radius 2 is 2.00 bits per heavy atom. The number of carbonyl (C=O) groups is 1. The van der Waals surface area contributed by atoms with Crippen molar-refractivity contribution in [2.45, 2.75) is 13.0 Å². The predicted octanol–water partition coefficient (Wildman–Crippen LogP) is 1.50. The molecule has 134 valence electrons. The number of hydrogen-bond donors (Lipinski definition) is 2. The van der Waals surface area contributed by atoms with Crippen LogP contribution >= 0.6 is 11.3 Å². The molecule has 1 aromatic heterocycles. The molecule has 0 atom stereocenters. The van der Waals surface area contributed by atoms with E-state index < -0.39 is 10.0 Å². The summed E-state index contributed by atoms with van der Waals surface area (Å²) in [4.78, 5) is 13.8. The third-order valence-electron chi connectivity index (χ3n) is 3.51. The van der Waals surface area contributed by atoms with Crippen molar-refractivity contribution >= 4 is 27.3 Å². The molecule has 2 heterocycles. The monoisotopic (exact) mass is 382 g/mol. The zero-order valence-electron chi connectivity index (χ0n) is 13.6. The number of amides is 1. The normalized spacial score (nSPS) is 13.0. The average Bonchev–Trinajstić information content (AvgIpc) is 3.20. The molecule has 1 amide bonds. The molecule has 0 unspecified atom stereocenters. The summed E-state index contributed by atoms with van der Waals surface area (Å²) in [7, 11) is -3.19. The molecule has 0 aliphatic carbocycles. The zero-order chi connectivity index (χ0) is 17.9. The van der Waals surface area contributed by atoms with Gasteiger partial charge in [-0.3, -0.25) is 4.79 Å². The Balaban J connectivity index is 1.51. The molecule has 7 nitrogen and oxygen atoms in total. The quantitative estimate of drug-likeness (QED) is 0.757. The van der Waals surface area contributed by atoms with Crippen LogP contribution in [0.2, 0.25) is 0 Å². The summed E-state index contributed by atoms with van der Waals surface area (Å²) in [6.07, 6.45) is 1.67. The summed E-state index contributed by atoms with van der Waals surface area (Å²) in [6, 6.07) is 9.13. The minimum absolute atomic E-state index is 0.162. The minimum Gasteiger partial charge on any atom is -0.454 e. The van der Waals surface area contributed by atoms with Crippen LogP contribution in [0.5, 0.6) is 11.5 Å². The highest BCUT2D eigenvalue weighted by atomic mass is 32.2. The van der Waals surface area contributed by atoms with Crippen molar-refractivity contribution in [2.24, 2.45) is 0 Å². The standard InChI is InChI=1S/C16H18N2O5S2/c1-25(20,21)18-7-6-12-3-5-15(24-12)16(19)17-9-11-2-4-13-14(8-11)23-10-22-13/h2-5,8,18H,6-7,9-10H2,1H3,(H,17,19). The number of carbonyl (C=O) groups excluding carboxylic acids is 1.